The number of rotatable bonds is 12. The first-order valence-electron chi connectivity index (χ1n) is 16.1. The predicted octanol–water partition coefficient (Wildman–Crippen LogP) is 7.24. The molecule has 4 atom stereocenters. The number of benzene rings is 3. The van der Waals surface area contributed by atoms with Crippen molar-refractivity contribution < 1.29 is 34.6 Å². The highest BCUT2D eigenvalue weighted by Gasteiger charge is 2.38. The summed E-state index contributed by atoms with van der Waals surface area (Å²) in [5.74, 6) is 3.19. The van der Waals surface area contributed by atoms with Crippen LogP contribution in [-0.2, 0) is 19.3 Å². The van der Waals surface area contributed by atoms with Crippen LogP contribution in [0, 0.1) is 11.8 Å². The number of hydrogen-bond donors (Lipinski definition) is 4. The summed E-state index contributed by atoms with van der Waals surface area (Å²) in [6.45, 7) is 6.73. The zero-order valence-corrected chi connectivity index (χ0v) is 26.7. The standard InChI is InChI=1S/C37H48O7/c1-6-22(8-7-13-38)9-10-23-15-25-17-30(40)26(14-21(2)3)16-27(25)36-34(43-5)20-32-28(35(23)36)19-31(41)37(44-32)24-11-12-29(39)33(18-24)42-4/h11-12,16-18,20-23,31,37-41H,6-10,13-15,19H2,1-5H3/t22-,23-,31-,37+/m1/s1. The van der Waals surface area contributed by atoms with Crippen molar-refractivity contribution in [2.24, 2.45) is 11.8 Å². The molecule has 7 heteroatoms. The summed E-state index contributed by atoms with van der Waals surface area (Å²) in [6.07, 6.45) is 5.37. The van der Waals surface area contributed by atoms with E-state index in [1.54, 1.807) is 25.3 Å². The molecule has 238 valence electrons. The number of ether oxygens (including phenoxy) is 3. The van der Waals surface area contributed by atoms with Crippen molar-refractivity contribution in [1.29, 1.82) is 0 Å². The van der Waals surface area contributed by atoms with E-state index < -0.39 is 12.2 Å². The Morgan fingerprint density at radius 3 is 2.41 bits per heavy atom. The third-order valence-corrected chi connectivity index (χ3v) is 9.52. The van der Waals surface area contributed by atoms with E-state index >= 15 is 0 Å². The van der Waals surface area contributed by atoms with Gasteiger partial charge < -0.3 is 34.6 Å². The van der Waals surface area contributed by atoms with Crippen LogP contribution in [0.15, 0.2) is 36.4 Å². The van der Waals surface area contributed by atoms with Gasteiger partial charge in [-0.15, -0.1) is 0 Å². The van der Waals surface area contributed by atoms with Crippen molar-refractivity contribution in [2.45, 2.75) is 90.3 Å². The van der Waals surface area contributed by atoms with Gasteiger partial charge in [-0.2, -0.15) is 0 Å². The molecule has 0 saturated heterocycles. The zero-order valence-electron chi connectivity index (χ0n) is 26.7. The first kappa shape index (κ1) is 32.0. The van der Waals surface area contributed by atoms with Crippen molar-refractivity contribution in [1.82, 2.24) is 0 Å². The van der Waals surface area contributed by atoms with Crippen LogP contribution in [0.2, 0.25) is 0 Å². The largest absolute Gasteiger partial charge is 0.508 e. The molecular formula is C37H48O7. The fraction of sp³-hybridized carbons (Fsp3) is 0.514. The average molecular weight is 605 g/mol. The van der Waals surface area contributed by atoms with E-state index in [9.17, 15) is 20.4 Å². The molecule has 2 aliphatic rings. The van der Waals surface area contributed by atoms with E-state index in [0.29, 0.717) is 35.5 Å². The lowest BCUT2D eigenvalue weighted by Gasteiger charge is -2.38. The number of phenolic OH excluding ortho intramolecular Hbond substituents is 2. The summed E-state index contributed by atoms with van der Waals surface area (Å²) in [6, 6.07) is 11.1. The zero-order chi connectivity index (χ0) is 31.5. The highest BCUT2D eigenvalue weighted by molar-refractivity contribution is 5.83. The normalized spacial score (nSPS) is 19.5. The number of phenols is 2. The molecular weight excluding hydrogens is 556 g/mol. The SMILES string of the molecule is CC[C@H](CCCO)CC[C@@H]1Cc2cc(O)c(CC(C)C)cc2-c2c(OC)cc3c(c21)C[C@@H](O)[C@H](c1ccc(O)c(OC)c1)O3. The maximum Gasteiger partial charge on any atom is 0.160 e. The van der Waals surface area contributed by atoms with E-state index in [2.05, 4.69) is 26.8 Å². The second-order valence-electron chi connectivity index (χ2n) is 12.9. The van der Waals surface area contributed by atoms with Gasteiger partial charge in [0.2, 0.25) is 0 Å². The number of aliphatic hydroxyl groups is 2. The van der Waals surface area contributed by atoms with Crippen molar-refractivity contribution >= 4 is 0 Å². The minimum absolute atomic E-state index is 0.0337. The topological polar surface area (TPSA) is 109 Å². The Bertz CT molecular complexity index is 1460. The van der Waals surface area contributed by atoms with Crippen LogP contribution in [0.3, 0.4) is 0 Å². The predicted molar refractivity (Wildman–Crippen MR) is 172 cm³/mol. The summed E-state index contributed by atoms with van der Waals surface area (Å²) in [4.78, 5) is 0. The Morgan fingerprint density at radius 2 is 1.73 bits per heavy atom. The molecule has 0 unspecified atom stereocenters. The molecule has 1 aliphatic carbocycles. The van der Waals surface area contributed by atoms with Crippen molar-refractivity contribution in [3.63, 3.8) is 0 Å². The van der Waals surface area contributed by atoms with E-state index in [-0.39, 0.29) is 18.3 Å². The molecule has 3 aromatic carbocycles. The van der Waals surface area contributed by atoms with Crippen LogP contribution in [0.4, 0.5) is 0 Å². The third-order valence-electron chi connectivity index (χ3n) is 9.52. The molecule has 44 heavy (non-hydrogen) atoms. The molecule has 0 bridgehead atoms. The highest BCUT2D eigenvalue weighted by atomic mass is 16.5. The number of fused-ring (bicyclic) bond motifs is 5. The Morgan fingerprint density at radius 1 is 0.955 bits per heavy atom. The average Bonchev–Trinajstić information content (AvgIpc) is 3.00. The first-order chi connectivity index (χ1) is 21.2. The lowest BCUT2D eigenvalue weighted by atomic mass is 9.71. The summed E-state index contributed by atoms with van der Waals surface area (Å²) in [7, 11) is 3.18. The summed E-state index contributed by atoms with van der Waals surface area (Å²) in [5.41, 5.74) is 7.05. The molecule has 4 N–H and O–H groups in total. The number of aromatic hydroxyl groups is 2. The smallest absolute Gasteiger partial charge is 0.160 e. The summed E-state index contributed by atoms with van der Waals surface area (Å²) in [5, 5.41) is 42.1. The Labute approximate surface area is 261 Å². The van der Waals surface area contributed by atoms with Crippen LogP contribution in [0.5, 0.6) is 28.7 Å². The number of hydrogen-bond acceptors (Lipinski definition) is 7. The van der Waals surface area contributed by atoms with Gasteiger partial charge >= 0.3 is 0 Å². The molecule has 5 rings (SSSR count). The van der Waals surface area contributed by atoms with Crippen molar-refractivity contribution in [3.05, 3.63) is 64.2 Å². The van der Waals surface area contributed by atoms with E-state index in [4.69, 9.17) is 14.2 Å². The second-order valence-corrected chi connectivity index (χ2v) is 12.9. The van der Waals surface area contributed by atoms with Crippen LogP contribution < -0.4 is 14.2 Å². The quantitative estimate of drug-likeness (QED) is 0.173. The fourth-order valence-corrected chi connectivity index (χ4v) is 7.26. The van der Waals surface area contributed by atoms with E-state index in [0.717, 1.165) is 84.1 Å². The summed E-state index contributed by atoms with van der Waals surface area (Å²) < 4.78 is 18.0. The molecule has 0 fully saturated rings. The molecule has 3 aromatic rings. The maximum atomic E-state index is 11.5. The summed E-state index contributed by atoms with van der Waals surface area (Å²) >= 11 is 0. The van der Waals surface area contributed by atoms with Gasteiger partial charge in [-0.1, -0.05) is 33.3 Å². The Hall–Kier alpha value is -3.42. The minimum atomic E-state index is -0.805. The van der Waals surface area contributed by atoms with E-state index in [1.807, 2.05) is 12.1 Å². The van der Waals surface area contributed by atoms with Gasteiger partial charge in [-0.3, -0.25) is 0 Å². The fourth-order valence-electron chi connectivity index (χ4n) is 7.26. The van der Waals surface area contributed by atoms with Gasteiger partial charge in [-0.25, -0.2) is 0 Å². The highest BCUT2D eigenvalue weighted by Crippen LogP contribution is 2.54. The van der Waals surface area contributed by atoms with Crippen molar-refractivity contribution in [2.75, 3.05) is 20.8 Å². The number of methoxy groups -OCH3 is 2. The minimum Gasteiger partial charge on any atom is -0.508 e. The molecule has 7 nitrogen and oxygen atoms in total. The molecule has 0 aromatic heterocycles. The van der Waals surface area contributed by atoms with Crippen LogP contribution in [0.25, 0.3) is 11.1 Å². The Balaban J connectivity index is 1.62. The Kier molecular flexibility index (Phi) is 9.96. The molecule has 0 amide bonds. The van der Waals surface area contributed by atoms with Gasteiger partial charge in [0.15, 0.2) is 11.5 Å². The van der Waals surface area contributed by atoms with Crippen molar-refractivity contribution in [3.8, 4) is 39.9 Å². The molecule has 0 saturated carbocycles. The molecule has 1 aliphatic heterocycles. The first-order valence-corrected chi connectivity index (χ1v) is 16.1. The number of aliphatic hydroxyl groups excluding tert-OH is 2. The third kappa shape index (κ3) is 6.36. The second kappa shape index (κ2) is 13.7. The molecule has 0 radical (unpaired) electrons. The molecule has 0 spiro atoms. The molecule has 1 heterocycles. The monoisotopic (exact) mass is 604 g/mol. The van der Waals surface area contributed by atoms with Gasteiger partial charge in [0, 0.05) is 30.2 Å². The van der Waals surface area contributed by atoms with E-state index in [1.165, 1.54) is 12.7 Å². The maximum absolute atomic E-state index is 11.5. The van der Waals surface area contributed by atoms with Gasteiger partial charge in [0.1, 0.15) is 23.4 Å². The lowest BCUT2D eigenvalue weighted by molar-refractivity contribution is 0.0201. The van der Waals surface area contributed by atoms with Gasteiger partial charge in [0.05, 0.1) is 20.3 Å². The van der Waals surface area contributed by atoms with Crippen LogP contribution >= 0.6 is 0 Å². The van der Waals surface area contributed by atoms with Crippen LogP contribution in [0.1, 0.15) is 92.7 Å². The van der Waals surface area contributed by atoms with Gasteiger partial charge in [-0.05, 0) is 108 Å². The van der Waals surface area contributed by atoms with Gasteiger partial charge in [0.25, 0.3) is 0 Å². The van der Waals surface area contributed by atoms with Crippen LogP contribution in [-0.4, -0.2) is 47.4 Å². The lowest BCUT2D eigenvalue weighted by Crippen LogP contribution is -2.32.